The molecule has 0 unspecified atom stereocenters. The largest absolute Gasteiger partial charge is 0.321 e. The molecule has 0 aliphatic carbocycles. The average molecular weight is 340 g/mol. The molecule has 1 aromatic carbocycles. The first-order valence-corrected chi connectivity index (χ1v) is 8.58. The second-order valence-electron chi connectivity index (χ2n) is 6.35. The number of H-pyrrole nitrogens is 1. The molecule has 1 aliphatic rings. The van der Waals surface area contributed by atoms with E-state index in [9.17, 15) is 9.59 Å². The fourth-order valence-corrected chi connectivity index (χ4v) is 3.07. The van der Waals surface area contributed by atoms with Gasteiger partial charge in [-0.05, 0) is 25.1 Å². The molecular weight excluding hydrogens is 316 g/mol. The van der Waals surface area contributed by atoms with Gasteiger partial charge >= 0.3 is 0 Å². The van der Waals surface area contributed by atoms with Crippen LogP contribution in [0.2, 0.25) is 0 Å². The van der Waals surface area contributed by atoms with Gasteiger partial charge in [-0.1, -0.05) is 18.2 Å². The van der Waals surface area contributed by atoms with E-state index in [1.807, 2.05) is 24.4 Å². The number of rotatable bonds is 5. The van der Waals surface area contributed by atoms with Crippen LogP contribution < -0.4 is 20.1 Å². The molecule has 1 amide bonds. The number of carbonyl (C=O) groups is 2. The Morgan fingerprint density at radius 1 is 1.16 bits per heavy atom. The highest BCUT2D eigenvalue weighted by Gasteiger charge is 2.27. The molecule has 0 saturated carbocycles. The maximum Gasteiger partial charge on any atom is 0.279 e. The number of anilines is 2. The Labute approximate surface area is 147 Å². The van der Waals surface area contributed by atoms with Crippen molar-refractivity contribution in [1.82, 2.24) is 0 Å². The van der Waals surface area contributed by atoms with Crippen molar-refractivity contribution in [1.29, 1.82) is 0 Å². The monoisotopic (exact) mass is 340 g/mol. The number of ketones is 1. The summed E-state index contributed by atoms with van der Waals surface area (Å²) < 4.78 is 0. The third-order valence-corrected chi connectivity index (χ3v) is 4.47. The Hall–Kier alpha value is -2.73. The van der Waals surface area contributed by atoms with Gasteiger partial charge < -0.3 is 10.2 Å². The molecule has 0 bridgehead atoms. The maximum absolute atomic E-state index is 12.3. The van der Waals surface area contributed by atoms with Gasteiger partial charge in [-0.3, -0.25) is 14.5 Å². The summed E-state index contributed by atoms with van der Waals surface area (Å²) >= 11 is 0. The average Bonchev–Trinajstić information content (AvgIpc) is 2.63. The molecule has 1 aliphatic heterocycles. The van der Waals surface area contributed by atoms with Crippen LogP contribution in [-0.2, 0) is 4.79 Å². The number of nitrogens with zero attached hydrogens (tertiary/aromatic N) is 1. The van der Waals surface area contributed by atoms with E-state index in [4.69, 9.17) is 0 Å². The first-order valence-electron chi connectivity index (χ1n) is 8.58. The van der Waals surface area contributed by atoms with Crippen molar-refractivity contribution in [3.63, 3.8) is 0 Å². The van der Waals surface area contributed by atoms with Crippen LogP contribution >= 0.6 is 0 Å². The Balaban J connectivity index is 1.49. The number of Topliss-reactive ketones (excluding diaryl/α,β-unsaturated/α-hetero) is 1. The van der Waals surface area contributed by atoms with Crippen LogP contribution in [0.5, 0.6) is 0 Å². The second-order valence-corrected chi connectivity index (χ2v) is 6.35. The quantitative estimate of drug-likeness (QED) is 0.756. The second kappa shape index (κ2) is 7.90. The summed E-state index contributed by atoms with van der Waals surface area (Å²) in [4.78, 5) is 30.5. The number of aromatic nitrogens is 1. The molecule has 2 heterocycles. The molecule has 130 valence electrons. The van der Waals surface area contributed by atoms with Crippen molar-refractivity contribution in [3.8, 4) is 0 Å². The predicted molar refractivity (Wildman–Crippen MR) is 95.9 cm³/mol. The zero-order valence-corrected chi connectivity index (χ0v) is 14.4. The molecule has 1 fully saturated rings. The van der Waals surface area contributed by atoms with E-state index < -0.39 is 0 Å². The van der Waals surface area contributed by atoms with Gasteiger partial charge in [-0.2, -0.15) is 0 Å². The number of nitrogens with one attached hydrogen (secondary N) is 3. The van der Waals surface area contributed by atoms with Crippen LogP contribution in [0.25, 0.3) is 0 Å². The van der Waals surface area contributed by atoms with Crippen LogP contribution in [0.15, 0.2) is 48.7 Å². The van der Waals surface area contributed by atoms with E-state index in [0.29, 0.717) is 17.8 Å². The molecular formula is C19H24N4O2+2. The summed E-state index contributed by atoms with van der Waals surface area (Å²) in [7, 11) is 0. The van der Waals surface area contributed by atoms with E-state index in [1.165, 1.54) is 11.8 Å². The van der Waals surface area contributed by atoms with Crippen molar-refractivity contribution < 1.29 is 19.5 Å². The lowest BCUT2D eigenvalue weighted by atomic mass is 10.1. The van der Waals surface area contributed by atoms with E-state index in [1.54, 1.807) is 18.2 Å². The summed E-state index contributed by atoms with van der Waals surface area (Å²) in [6.45, 7) is 5.64. The van der Waals surface area contributed by atoms with Gasteiger partial charge in [0, 0.05) is 17.3 Å². The number of benzene rings is 1. The fraction of sp³-hybridized carbons (Fsp3) is 0.316. The Kier molecular flexibility index (Phi) is 5.40. The molecule has 3 rings (SSSR count). The molecule has 6 nitrogen and oxygen atoms in total. The number of piperazine rings is 1. The number of aromatic amines is 1. The molecule has 0 radical (unpaired) electrons. The minimum Gasteiger partial charge on any atom is -0.321 e. The van der Waals surface area contributed by atoms with Crippen LogP contribution in [0, 0.1) is 0 Å². The number of amides is 1. The number of hydrogen-bond acceptors (Lipinski definition) is 3. The predicted octanol–water partition coefficient (Wildman–Crippen LogP) is 0.0469. The van der Waals surface area contributed by atoms with Gasteiger partial charge in [-0.25, -0.2) is 4.98 Å². The normalized spacial score (nSPS) is 15.0. The highest BCUT2D eigenvalue weighted by molar-refractivity contribution is 5.97. The van der Waals surface area contributed by atoms with Gasteiger partial charge in [0.1, 0.15) is 26.2 Å². The number of carbonyl (C=O) groups excluding carboxylic acids is 2. The smallest absolute Gasteiger partial charge is 0.279 e. The van der Waals surface area contributed by atoms with Crippen LogP contribution in [0.1, 0.15) is 17.3 Å². The lowest BCUT2D eigenvalue weighted by molar-refractivity contribution is -0.892. The zero-order valence-electron chi connectivity index (χ0n) is 14.4. The van der Waals surface area contributed by atoms with Crippen LogP contribution in [-0.4, -0.2) is 44.4 Å². The third-order valence-electron chi connectivity index (χ3n) is 4.47. The van der Waals surface area contributed by atoms with Crippen LogP contribution in [0.4, 0.5) is 11.5 Å². The minimum atomic E-state index is -0.0181. The Bertz CT molecular complexity index is 740. The summed E-state index contributed by atoms with van der Waals surface area (Å²) in [5.74, 6) is 1.10. The van der Waals surface area contributed by atoms with Gasteiger partial charge in [0.15, 0.2) is 12.3 Å². The summed E-state index contributed by atoms with van der Waals surface area (Å²) in [6.07, 6.45) is 1.93. The maximum atomic E-state index is 12.3. The van der Waals surface area contributed by atoms with Gasteiger partial charge in [0.25, 0.3) is 11.7 Å². The molecule has 1 saturated heterocycles. The minimum absolute atomic E-state index is 0.00411. The standard InChI is InChI=1S/C19H22N4O2/c1-15(24)16-5-4-6-17(13-16)21-19(25)14-22-9-11-23(12-10-22)18-7-2-3-8-20-18/h2-8,13H,9-12,14H2,1H3,(H,21,25)/p+2. The highest BCUT2D eigenvalue weighted by Crippen LogP contribution is 2.11. The van der Waals surface area contributed by atoms with Crippen molar-refractivity contribution in [3.05, 3.63) is 54.2 Å². The van der Waals surface area contributed by atoms with E-state index in [2.05, 4.69) is 21.3 Å². The highest BCUT2D eigenvalue weighted by atomic mass is 16.2. The SMILES string of the molecule is CC(=O)c1cccc(NC(=O)C[NH+]2CCN(c3cccc[nH+]3)CC2)c1. The summed E-state index contributed by atoms with van der Waals surface area (Å²) in [6, 6.07) is 13.1. The van der Waals surface area contributed by atoms with Gasteiger partial charge in [0.05, 0.1) is 6.20 Å². The summed E-state index contributed by atoms with van der Waals surface area (Å²) in [5.41, 5.74) is 1.28. The number of pyridine rings is 1. The van der Waals surface area contributed by atoms with Crippen molar-refractivity contribution in [2.24, 2.45) is 0 Å². The van der Waals surface area contributed by atoms with Gasteiger partial charge in [0.2, 0.25) is 0 Å². The first-order chi connectivity index (χ1) is 12.1. The Morgan fingerprint density at radius 3 is 2.64 bits per heavy atom. The van der Waals surface area contributed by atoms with Crippen LogP contribution in [0.3, 0.4) is 0 Å². The number of hydrogen-bond donors (Lipinski definition) is 2. The van der Waals surface area contributed by atoms with Crippen molar-refractivity contribution in [2.45, 2.75) is 6.92 Å². The van der Waals surface area contributed by atoms with Crippen molar-refractivity contribution in [2.75, 3.05) is 42.9 Å². The third kappa shape index (κ3) is 4.64. The zero-order chi connectivity index (χ0) is 17.6. The Morgan fingerprint density at radius 2 is 1.96 bits per heavy atom. The summed E-state index contributed by atoms with van der Waals surface area (Å²) in [5, 5.41) is 2.90. The molecule has 0 atom stereocenters. The fourth-order valence-electron chi connectivity index (χ4n) is 3.07. The molecule has 0 spiro atoms. The van der Waals surface area contributed by atoms with Gasteiger partial charge in [-0.15, -0.1) is 0 Å². The molecule has 6 heteroatoms. The topological polar surface area (TPSA) is 68.0 Å². The van der Waals surface area contributed by atoms with E-state index in [0.717, 1.165) is 32.0 Å². The number of quaternary nitrogens is 1. The van der Waals surface area contributed by atoms with E-state index in [-0.39, 0.29) is 11.7 Å². The lowest BCUT2D eigenvalue weighted by Crippen LogP contribution is -3.15. The van der Waals surface area contributed by atoms with E-state index >= 15 is 0 Å². The lowest BCUT2D eigenvalue weighted by Gasteiger charge is -2.27. The van der Waals surface area contributed by atoms with Crippen molar-refractivity contribution >= 4 is 23.2 Å². The molecule has 3 N–H and O–H groups in total. The molecule has 2 aromatic rings. The molecule has 25 heavy (non-hydrogen) atoms. The first kappa shape index (κ1) is 17.1. The molecule has 1 aromatic heterocycles.